The fraction of sp³-hybridized carbons (Fsp3) is 0.111. The van der Waals surface area contributed by atoms with Gasteiger partial charge >= 0.3 is 11.7 Å². The molecule has 0 atom stereocenters. The van der Waals surface area contributed by atoms with Crippen LogP contribution in [-0.2, 0) is 7.05 Å². The topological polar surface area (TPSA) is 75.1 Å². The summed E-state index contributed by atoms with van der Waals surface area (Å²) in [4.78, 5) is 24.9. The zero-order valence-corrected chi connectivity index (χ0v) is 9.33. The predicted molar refractivity (Wildman–Crippen MR) is 58.2 cm³/mol. The molecule has 6 heteroatoms. The molecule has 1 aromatic carbocycles. The Balaban J connectivity index is 3.01. The van der Waals surface area contributed by atoms with E-state index in [1.807, 2.05) is 0 Å². The van der Waals surface area contributed by atoms with Crippen molar-refractivity contribution in [1.29, 1.82) is 0 Å². The number of nitrogens with one attached hydrogen (secondary N) is 1. The Bertz CT molecular complexity index is 612. The number of aromatic carboxylic acids is 1. The van der Waals surface area contributed by atoms with E-state index in [1.54, 1.807) is 6.07 Å². The number of hydrogen-bond acceptors (Lipinski definition) is 2. The molecule has 5 nitrogen and oxygen atoms in total. The van der Waals surface area contributed by atoms with Gasteiger partial charge in [-0.3, -0.25) is 4.57 Å². The minimum Gasteiger partial charge on any atom is -0.478 e. The van der Waals surface area contributed by atoms with E-state index < -0.39 is 5.97 Å². The van der Waals surface area contributed by atoms with Crippen LogP contribution in [0.5, 0.6) is 0 Å². The molecule has 0 spiro atoms. The van der Waals surface area contributed by atoms with E-state index in [1.165, 1.54) is 17.7 Å². The van der Waals surface area contributed by atoms with Crippen LogP contribution < -0.4 is 5.69 Å². The van der Waals surface area contributed by atoms with Gasteiger partial charge in [0.1, 0.15) is 0 Å². The Kier molecular flexibility index (Phi) is 2.15. The van der Waals surface area contributed by atoms with Gasteiger partial charge in [0, 0.05) is 11.5 Å². The zero-order valence-electron chi connectivity index (χ0n) is 7.74. The van der Waals surface area contributed by atoms with E-state index >= 15 is 0 Å². The maximum absolute atomic E-state index is 11.3. The highest BCUT2D eigenvalue weighted by Crippen LogP contribution is 2.21. The van der Waals surface area contributed by atoms with Crippen LogP contribution in [0.2, 0.25) is 0 Å². The first-order chi connectivity index (χ1) is 7.00. The molecule has 0 bridgehead atoms. The van der Waals surface area contributed by atoms with Crippen molar-refractivity contribution in [2.45, 2.75) is 0 Å². The molecule has 2 N–H and O–H groups in total. The van der Waals surface area contributed by atoms with Gasteiger partial charge in [-0.15, -0.1) is 0 Å². The fourth-order valence-electron chi connectivity index (χ4n) is 1.52. The van der Waals surface area contributed by atoms with Crippen LogP contribution in [0.4, 0.5) is 0 Å². The lowest BCUT2D eigenvalue weighted by Crippen LogP contribution is -2.13. The lowest BCUT2D eigenvalue weighted by molar-refractivity contribution is 0.0698. The van der Waals surface area contributed by atoms with Crippen LogP contribution in [0.1, 0.15) is 10.4 Å². The Morgan fingerprint density at radius 3 is 2.80 bits per heavy atom. The van der Waals surface area contributed by atoms with Gasteiger partial charge in [-0.05, 0) is 12.1 Å². The van der Waals surface area contributed by atoms with Crippen molar-refractivity contribution in [3.05, 3.63) is 32.7 Å². The van der Waals surface area contributed by atoms with E-state index in [-0.39, 0.29) is 11.3 Å². The lowest BCUT2D eigenvalue weighted by atomic mass is 10.2. The highest BCUT2D eigenvalue weighted by Gasteiger charge is 2.14. The lowest BCUT2D eigenvalue weighted by Gasteiger charge is -2.00. The molecule has 15 heavy (non-hydrogen) atoms. The first-order valence-corrected chi connectivity index (χ1v) is 4.91. The monoisotopic (exact) mass is 270 g/mol. The first-order valence-electron chi connectivity index (χ1n) is 4.12. The summed E-state index contributed by atoms with van der Waals surface area (Å²) in [5.74, 6) is -1.06. The van der Waals surface area contributed by atoms with E-state index in [9.17, 15) is 9.59 Å². The standard InChI is InChI=1S/C9H7BrN2O3/c1-12-7-5(8(13)14)2-4(10)3-6(7)11-9(12)15/h2-3H,1H3,(H,11,15)(H,13,14). The molecule has 0 unspecified atom stereocenters. The summed E-state index contributed by atoms with van der Waals surface area (Å²) in [6.45, 7) is 0. The molecule has 0 saturated heterocycles. The third-order valence-electron chi connectivity index (χ3n) is 2.19. The van der Waals surface area contributed by atoms with E-state index in [2.05, 4.69) is 20.9 Å². The van der Waals surface area contributed by atoms with Crippen LogP contribution in [0.25, 0.3) is 11.0 Å². The van der Waals surface area contributed by atoms with Crippen molar-refractivity contribution in [2.75, 3.05) is 0 Å². The van der Waals surface area contributed by atoms with Crippen LogP contribution in [0.15, 0.2) is 21.4 Å². The molecular weight excluding hydrogens is 264 g/mol. The third-order valence-corrected chi connectivity index (χ3v) is 2.64. The molecule has 0 aliphatic heterocycles. The van der Waals surface area contributed by atoms with Crippen molar-refractivity contribution >= 4 is 32.9 Å². The normalized spacial score (nSPS) is 10.8. The molecule has 1 heterocycles. The van der Waals surface area contributed by atoms with Gasteiger partial charge in [0.05, 0.1) is 16.6 Å². The molecule has 78 valence electrons. The number of hydrogen-bond donors (Lipinski definition) is 2. The van der Waals surface area contributed by atoms with E-state index in [0.717, 1.165) is 0 Å². The number of fused-ring (bicyclic) bond motifs is 1. The maximum atomic E-state index is 11.3. The quantitative estimate of drug-likeness (QED) is 0.821. The number of carboxylic acids is 1. The summed E-state index contributed by atoms with van der Waals surface area (Å²) in [7, 11) is 1.53. The number of nitrogens with zero attached hydrogens (tertiary/aromatic N) is 1. The number of aromatic nitrogens is 2. The number of carboxylic acid groups (broad SMARTS) is 1. The van der Waals surface area contributed by atoms with Crippen LogP contribution in [0, 0.1) is 0 Å². The van der Waals surface area contributed by atoms with Crippen molar-refractivity contribution in [3.8, 4) is 0 Å². The second kappa shape index (κ2) is 3.23. The van der Waals surface area contributed by atoms with Crippen molar-refractivity contribution in [2.24, 2.45) is 7.05 Å². The highest BCUT2D eigenvalue weighted by atomic mass is 79.9. The smallest absolute Gasteiger partial charge is 0.337 e. The van der Waals surface area contributed by atoms with Crippen LogP contribution >= 0.6 is 15.9 Å². The molecule has 1 aromatic heterocycles. The second-order valence-corrected chi connectivity index (χ2v) is 4.06. The summed E-state index contributed by atoms with van der Waals surface area (Å²) in [6.07, 6.45) is 0. The number of aromatic amines is 1. The second-order valence-electron chi connectivity index (χ2n) is 3.14. The SMILES string of the molecule is Cn1c(=O)[nH]c2cc(Br)cc(C(=O)O)c21. The molecular formula is C9H7BrN2O3. The predicted octanol–water partition coefficient (Wildman–Crippen LogP) is 1.33. The molecule has 2 rings (SSSR count). The van der Waals surface area contributed by atoms with Crippen molar-refractivity contribution < 1.29 is 9.90 Å². The van der Waals surface area contributed by atoms with Crippen molar-refractivity contribution in [1.82, 2.24) is 9.55 Å². The molecule has 0 aliphatic rings. The number of halogens is 1. The minimum atomic E-state index is -1.06. The average Bonchev–Trinajstić information content (AvgIpc) is 2.41. The number of H-pyrrole nitrogens is 1. The zero-order chi connectivity index (χ0) is 11.2. The molecule has 2 aromatic rings. The van der Waals surface area contributed by atoms with Gasteiger partial charge < -0.3 is 10.1 Å². The molecule has 0 aliphatic carbocycles. The summed E-state index contributed by atoms with van der Waals surface area (Å²) in [5.41, 5.74) is 0.677. The Morgan fingerprint density at radius 1 is 1.53 bits per heavy atom. The van der Waals surface area contributed by atoms with Gasteiger partial charge in [0.15, 0.2) is 0 Å². The van der Waals surface area contributed by atoms with E-state index in [0.29, 0.717) is 15.5 Å². The fourth-order valence-corrected chi connectivity index (χ4v) is 1.98. The van der Waals surface area contributed by atoms with Gasteiger partial charge in [-0.2, -0.15) is 0 Å². The maximum Gasteiger partial charge on any atom is 0.337 e. The summed E-state index contributed by atoms with van der Waals surface area (Å²) in [6, 6.07) is 3.14. The van der Waals surface area contributed by atoms with E-state index in [4.69, 9.17) is 5.11 Å². The summed E-state index contributed by atoms with van der Waals surface area (Å²) in [5, 5.41) is 8.99. The Labute approximate surface area is 92.5 Å². The number of rotatable bonds is 1. The highest BCUT2D eigenvalue weighted by molar-refractivity contribution is 9.10. The van der Waals surface area contributed by atoms with Crippen molar-refractivity contribution in [3.63, 3.8) is 0 Å². The number of carbonyl (C=O) groups is 1. The molecule has 0 amide bonds. The number of imidazole rings is 1. The van der Waals surface area contributed by atoms with Gasteiger partial charge in [0.25, 0.3) is 0 Å². The minimum absolute atomic E-state index is 0.0974. The Hall–Kier alpha value is -1.56. The first kappa shape index (κ1) is 9.97. The van der Waals surface area contributed by atoms with Crippen LogP contribution in [-0.4, -0.2) is 20.6 Å². The average molecular weight is 271 g/mol. The molecule has 0 radical (unpaired) electrons. The molecule has 0 fully saturated rings. The molecule has 0 saturated carbocycles. The number of aryl methyl sites for hydroxylation is 1. The van der Waals surface area contributed by atoms with Gasteiger partial charge in [0.2, 0.25) is 0 Å². The van der Waals surface area contributed by atoms with Gasteiger partial charge in [-0.25, -0.2) is 9.59 Å². The summed E-state index contributed by atoms with van der Waals surface area (Å²) >= 11 is 3.19. The Morgan fingerprint density at radius 2 is 2.20 bits per heavy atom. The number of benzene rings is 1. The third kappa shape index (κ3) is 1.46. The van der Waals surface area contributed by atoms with Gasteiger partial charge in [-0.1, -0.05) is 15.9 Å². The van der Waals surface area contributed by atoms with Crippen LogP contribution in [0.3, 0.4) is 0 Å². The largest absolute Gasteiger partial charge is 0.478 e. The summed E-state index contributed by atoms with van der Waals surface area (Å²) < 4.78 is 1.90.